The molecule has 220 valence electrons. The topological polar surface area (TPSA) is 82.6 Å². The zero-order chi connectivity index (χ0) is 29.5. The first-order valence-corrected chi connectivity index (χ1v) is 17.3. The van der Waals surface area contributed by atoms with Crippen LogP contribution in [0.25, 0.3) is 0 Å². The van der Waals surface area contributed by atoms with Crippen molar-refractivity contribution in [2.75, 3.05) is 69.2 Å². The molecule has 3 aromatic rings. The third-order valence-electron chi connectivity index (χ3n) is 8.66. The molecule has 2 N–H and O–H groups in total. The molecule has 10 heteroatoms. The van der Waals surface area contributed by atoms with Gasteiger partial charge in [-0.3, -0.25) is 0 Å². The van der Waals surface area contributed by atoms with Gasteiger partial charge in [0, 0.05) is 35.6 Å². The highest BCUT2D eigenvalue weighted by molar-refractivity contribution is 7.70. The number of nitrogens with zero attached hydrogens (tertiary/aromatic N) is 4. The van der Waals surface area contributed by atoms with Crippen LogP contribution in [0.1, 0.15) is 36.5 Å². The highest BCUT2D eigenvalue weighted by Crippen LogP contribution is 2.46. The Balaban J connectivity index is 1.40. The maximum atomic E-state index is 13.1. The summed E-state index contributed by atoms with van der Waals surface area (Å²) in [7, 11) is 1.35. The summed E-state index contributed by atoms with van der Waals surface area (Å²) in [5.41, 5.74) is 6.66. The van der Waals surface area contributed by atoms with Crippen molar-refractivity contribution >= 4 is 52.9 Å². The molecule has 0 amide bonds. The molecule has 1 aromatic heterocycles. The van der Waals surface area contributed by atoms with E-state index in [9.17, 15) is 4.57 Å². The fourth-order valence-electron chi connectivity index (χ4n) is 5.91. The second-order valence-electron chi connectivity index (χ2n) is 12.1. The number of rotatable bonds is 8. The average Bonchev–Trinajstić information content (AvgIpc) is 2.91. The van der Waals surface area contributed by atoms with Gasteiger partial charge in [0.1, 0.15) is 17.9 Å². The molecule has 0 unspecified atom stereocenters. The van der Waals surface area contributed by atoms with Crippen LogP contribution >= 0.6 is 18.7 Å². The van der Waals surface area contributed by atoms with Crippen molar-refractivity contribution < 1.29 is 9.30 Å². The minimum Gasteiger partial charge on any atom is -0.494 e. The van der Waals surface area contributed by atoms with Crippen molar-refractivity contribution in [1.82, 2.24) is 14.9 Å². The van der Waals surface area contributed by atoms with E-state index in [1.807, 2.05) is 26.0 Å². The number of ether oxygens (including phenoxy) is 1. The van der Waals surface area contributed by atoms with Crippen LogP contribution in [-0.2, 0) is 11.0 Å². The van der Waals surface area contributed by atoms with Gasteiger partial charge in [0.25, 0.3) is 0 Å². The van der Waals surface area contributed by atoms with Crippen LogP contribution in [0, 0.1) is 19.3 Å². The van der Waals surface area contributed by atoms with Crippen molar-refractivity contribution in [3.63, 3.8) is 0 Å². The number of aromatic nitrogens is 2. The normalized spacial score (nSPS) is 16.9. The maximum absolute atomic E-state index is 13.1. The molecule has 0 radical (unpaired) electrons. The van der Waals surface area contributed by atoms with Gasteiger partial charge < -0.3 is 29.7 Å². The minimum atomic E-state index is -2.55. The predicted molar refractivity (Wildman–Crippen MR) is 172 cm³/mol. The molecule has 1 spiro atoms. The molecular formula is C31H42ClN6O2P. The lowest BCUT2D eigenvalue weighted by Gasteiger charge is -2.55. The summed E-state index contributed by atoms with van der Waals surface area (Å²) >= 11 is 6.52. The molecule has 0 saturated carbocycles. The second-order valence-corrected chi connectivity index (χ2v) is 15.7. The molecular weight excluding hydrogens is 555 g/mol. The van der Waals surface area contributed by atoms with E-state index in [-0.39, 0.29) is 0 Å². The Morgan fingerprint density at radius 1 is 1.05 bits per heavy atom. The Morgan fingerprint density at radius 2 is 1.73 bits per heavy atom. The maximum Gasteiger partial charge on any atom is 0.229 e. The molecule has 2 aliphatic heterocycles. The first-order chi connectivity index (χ1) is 19.4. The van der Waals surface area contributed by atoms with E-state index in [2.05, 4.69) is 51.5 Å². The number of halogens is 1. The highest BCUT2D eigenvalue weighted by atomic mass is 35.5. The number of piperidine rings is 1. The van der Waals surface area contributed by atoms with Crippen molar-refractivity contribution in [1.29, 1.82) is 0 Å². The summed E-state index contributed by atoms with van der Waals surface area (Å²) in [6, 6.07) is 8.26. The van der Waals surface area contributed by atoms with Crippen LogP contribution < -0.4 is 25.6 Å². The van der Waals surface area contributed by atoms with Crippen LogP contribution in [0.2, 0.25) is 5.02 Å². The number of benzene rings is 2. The smallest absolute Gasteiger partial charge is 0.229 e. The van der Waals surface area contributed by atoms with E-state index in [0.717, 1.165) is 53.1 Å². The number of anilines is 5. The van der Waals surface area contributed by atoms with Gasteiger partial charge in [-0.2, -0.15) is 4.98 Å². The minimum absolute atomic E-state index is 0.374. The Hall–Kier alpha value is -2.80. The quantitative estimate of drug-likeness (QED) is 0.282. The molecule has 41 heavy (non-hydrogen) atoms. The second kappa shape index (κ2) is 11.5. The Bertz CT molecular complexity index is 1490. The van der Waals surface area contributed by atoms with Crippen LogP contribution in [0.15, 0.2) is 30.5 Å². The number of hydrogen-bond donors (Lipinski definition) is 2. The fourth-order valence-corrected chi connectivity index (χ4v) is 7.25. The zero-order valence-corrected chi connectivity index (χ0v) is 26.9. The number of methoxy groups -OCH3 is 1. The third kappa shape index (κ3) is 6.20. The van der Waals surface area contributed by atoms with Gasteiger partial charge in [-0.15, -0.1) is 0 Å². The van der Waals surface area contributed by atoms with Crippen LogP contribution in [0.4, 0.5) is 28.8 Å². The summed E-state index contributed by atoms with van der Waals surface area (Å²) in [4.78, 5) is 14.1. The lowest BCUT2D eigenvalue weighted by molar-refractivity contribution is 0.0905. The van der Waals surface area contributed by atoms with Gasteiger partial charge in [-0.25, -0.2) is 4.98 Å². The predicted octanol–water partition coefficient (Wildman–Crippen LogP) is 6.59. The molecule has 0 bridgehead atoms. The van der Waals surface area contributed by atoms with Gasteiger partial charge >= 0.3 is 0 Å². The summed E-state index contributed by atoms with van der Waals surface area (Å²) in [6.45, 7) is 14.3. The summed E-state index contributed by atoms with van der Waals surface area (Å²) in [5, 5.41) is 7.82. The van der Waals surface area contributed by atoms with Gasteiger partial charge in [-0.1, -0.05) is 18.5 Å². The number of hydrogen-bond acceptors (Lipinski definition) is 8. The van der Waals surface area contributed by atoms with Crippen molar-refractivity contribution in [2.24, 2.45) is 5.41 Å². The molecule has 2 fully saturated rings. The van der Waals surface area contributed by atoms with Crippen molar-refractivity contribution in [3.8, 4) is 5.75 Å². The fraction of sp³-hybridized carbons (Fsp3) is 0.484. The molecule has 2 aliphatic rings. The Kier molecular flexibility index (Phi) is 8.30. The number of nitrogens with one attached hydrogen (secondary N) is 2. The van der Waals surface area contributed by atoms with E-state index in [0.29, 0.717) is 22.2 Å². The van der Waals surface area contributed by atoms with Crippen LogP contribution in [0.3, 0.4) is 0 Å². The summed E-state index contributed by atoms with van der Waals surface area (Å²) in [5.74, 6) is 1.57. The van der Waals surface area contributed by atoms with Gasteiger partial charge in [0.15, 0.2) is 5.82 Å². The third-order valence-corrected chi connectivity index (χ3v) is 10.5. The number of aryl methyl sites for hydroxylation is 3. The molecule has 2 saturated heterocycles. The van der Waals surface area contributed by atoms with Crippen LogP contribution in [-0.4, -0.2) is 68.5 Å². The lowest BCUT2D eigenvalue weighted by Crippen LogP contribution is -2.60. The van der Waals surface area contributed by atoms with E-state index >= 15 is 0 Å². The molecule has 2 aromatic carbocycles. The van der Waals surface area contributed by atoms with E-state index in [1.54, 1.807) is 26.6 Å². The molecule has 0 aliphatic carbocycles. The van der Waals surface area contributed by atoms with Crippen molar-refractivity contribution in [2.45, 2.75) is 40.0 Å². The van der Waals surface area contributed by atoms with E-state index < -0.39 is 7.14 Å². The molecule has 8 nitrogen and oxygen atoms in total. The monoisotopic (exact) mass is 596 g/mol. The Morgan fingerprint density at radius 3 is 2.37 bits per heavy atom. The van der Waals surface area contributed by atoms with Crippen LogP contribution in [0.5, 0.6) is 5.75 Å². The van der Waals surface area contributed by atoms with Gasteiger partial charge in [0.05, 0.1) is 24.7 Å². The largest absolute Gasteiger partial charge is 0.494 e. The van der Waals surface area contributed by atoms with E-state index in [4.69, 9.17) is 21.3 Å². The molecule has 0 atom stereocenters. The summed E-state index contributed by atoms with van der Waals surface area (Å²) in [6.07, 6.45) is 5.00. The number of likely N-dealkylation sites (tertiary alicyclic amines) is 1. The van der Waals surface area contributed by atoms with Gasteiger partial charge in [0.2, 0.25) is 5.95 Å². The highest BCUT2D eigenvalue weighted by Gasteiger charge is 2.45. The summed E-state index contributed by atoms with van der Waals surface area (Å²) < 4.78 is 18.9. The lowest BCUT2D eigenvalue weighted by atomic mass is 9.71. The standard InChI is InChI=1S/C31H42ClN6O2P/c1-8-22-15-24(27(40-5)16-26(22)38-18-31(19-38)9-11-37(4)12-10-31)35-30-33-17-23(32)29(36-30)34-25-13-20(2)21(3)14-28(25)41(6,7)39/h13-17H,8-12,18-19H2,1-7H3,(H2,33,34,35,36). The first kappa shape index (κ1) is 29.7. The average molecular weight is 597 g/mol. The van der Waals surface area contributed by atoms with E-state index in [1.165, 1.54) is 37.2 Å². The molecule has 3 heterocycles. The zero-order valence-electron chi connectivity index (χ0n) is 25.3. The van der Waals surface area contributed by atoms with Gasteiger partial charge in [-0.05, 0) is 101 Å². The van der Waals surface area contributed by atoms with Crippen molar-refractivity contribution in [3.05, 3.63) is 52.2 Å². The SMILES string of the molecule is CCc1cc(Nc2ncc(Cl)c(Nc3cc(C)c(C)cc3P(C)(C)=O)n2)c(OC)cc1N1CC2(CCN(C)CC2)C1. The Labute approximate surface area is 249 Å². The molecule has 5 rings (SSSR count). The first-order valence-electron chi connectivity index (χ1n) is 14.3.